The van der Waals surface area contributed by atoms with E-state index >= 15 is 4.39 Å². The fraction of sp³-hybridized carbons (Fsp3) is 0.312. The molecule has 0 radical (unpaired) electrons. The summed E-state index contributed by atoms with van der Waals surface area (Å²) in [7, 11) is 0. The zero-order chi connectivity index (χ0) is 33.3. The third-order valence-electron chi connectivity index (χ3n) is 7.57. The zero-order valence-corrected chi connectivity index (χ0v) is 25.4. The molecule has 14 heteroatoms. The Balaban J connectivity index is 1.57. The number of pyridine rings is 2. The second-order valence-corrected chi connectivity index (χ2v) is 11.3. The van der Waals surface area contributed by atoms with Crippen LogP contribution in [0, 0.1) is 24.5 Å². The molecule has 1 fully saturated rings. The number of amides is 2. The van der Waals surface area contributed by atoms with Crippen molar-refractivity contribution in [2.24, 2.45) is 11.7 Å². The summed E-state index contributed by atoms with van der Waals surface area (Å²) in [6, 6.07) is 7.68. The summed E-state index contributed by atoms with van der Waals surface area (Å²) >= 11 is 5.86. The Bertz CT molecular complexity index is 1840. The van der Waals surface area contributed by atoms with Gasteiger partial charge in [0.05, 0.1) is 25.3 Å². The normalized spacial score (nSPS) is 14.3. The molecular weight excluding hydrogens is 632 g/mol. The first kappa shape index (κ1) is 32.9. The predicted molar refractivity (Wildman–Crippen MR) is 161 cm³/mol. The number of ether oxygens (including phenoxy) is 2. The number of hydrogen-bond donors (Lipinski definition) is 3. The summed E-state index contributed by atoms with van der Waals surface area (Å²) in [4.78, 5) is 34.1. The van der Waals surface area contributed by atoms with Crippen molar-refractivity contribution in [3.05, 3.63) is 81.6 Å². The number of nitrogens with one attached hydrogen (secondary N) is 1. The lowest BCUT2D eigenvalue weighted by molar-refractivity contribution is -0.117. The van der Waals surface area contributed by atoms with E-state index in [9.17, 15) is 27.9 Å². The molecule has 2 heterocycles. The largest absolute Gasteiger partial charge is 0.491 e. The highest BCUT2D eigenvalue weighted by Gasteiger charge is 2.47. The van der Waals surface area contributed by atoms with Gasteiger partial charge >= 0.3 is 6.61 Å². The van der Waals surface area contributed by atoms with Crippen LogP contribution in [0.25, 0.3) is 22.2 Å². The van der Waals surface area contributed by atoms with Crippen LogP contribution in [-0.2, 0) is 16.8 Å². The van der Waals surface area contributed by atoms with Crippen LogP contribution in [0.4, 0.5) is 17.6 Å². The smallest absolute Gasteiger partial charge is 0.387 e. The lowest BCUT2D eigenvalue weighted by Gasteiger charge is -2.30. The molecule has 5 rings (SSSR count). The van der Waals surface area contributed by atoms with E-state index in [2.05, 4.69) is 20.0 Å². The maximum atomic E-state index is 15.3. The number of fused-ring (bicyclic) bond motifs is 1. The van der Waals surface area contributed by atoms with Crippen molar-refractivity contribution in [3.8, 4) is 22.8 Å². The monoisotopic (exact) mass is 660 g/mol. The first-order valence-corrected chi connectivity index (χ1v) is 14.6. The molecule has 0 bridgehead atoms. The topological polar surface area (TPSA) is 137 Å². The first-order chi connectivity index (χ1) is 21.8. The Hall–Kier alpha value is -4.49. The van der Waals surface area contributed by atoms with Gasteiger partial charge < -0.3 is 25.6 Å². The van der Waals surface area contributed by atoms with E-state index in [1.165, 1.54) is 18.3 Å². The molecule has 0 spiro atoms. The molecule has 2 amide bonds. The van der Waals surface area contributed by atoms with Gasteiger partial charge in [-0.3, -0.25) is 14.6 Å². The molecule has 0 aliphatic heterocycles. The predicted octanol–water partition coefficient (Wildman–Crippen LogP) is 5.59. The van der Waals surface area contributed by atoms with Crippen molar-refractivity contribution < 1.29 is 41.7 Å². The van der Waals surface area contributed by atoms with E-state index in [-0.39, 0.29) is 58.1 Å². The number of aromatic nitrogens is 2. The van der Waals surface area contributed by atoms with E-state index in [1.54, 1.807) is 19.9 Å². The minimum absolute atomic E-state index is 0.0135. The van der Waals surface area contributed by atoms with Crippen molar-refractivity contribution >= 4 is 34.3 Å². The minimum Gasteiger partial charge on any atom is -0.491 e. The molecule has 0 unspecified atom stereocenters. The summed E-state index contributed by atoms with van der Waals surface area (Å²) in [5.41, 5.74) is 4.19. The molecule has 2 aromatic carbocycles. The van der Waals surface area contributed by atoms with Crippen molar-refractivity contribution in [1.29, 1.82) is 0 Å². The SMILES string of the molecule is CCOc1c(CC(N)=O)cc([C@@](O)(CNC(=O)c2cc(OC(F)F)c3ncc(C)cc3c2)C2CC2)nc1-c1ccc(F)c(Cl)c1F. The molecule has 9 nitrogen and oxygen atoms in total. The first-order valence-electron chi connectivity index (χ1n) is 14.3. The Morgan fingerprint density at radius 1 is 1.20 bits per heavy atom. The number of hydrogen-bond acceptors (Lipinski definition) is 7. The molecule has 46 heavy (non-hydrogen) atoms. The highest BCUT2D eigenvalue weighted by atomic mass is 35.5. The van der Waals surface area contributed by atoms with Gasteiger partial charge in [0.2, 0.25) is 5.91 Å². The number of halogens is 5. The van der Waals surface area contributed by atoms with E-state index in [4.69, 9.17) is 22.1 Å². The van der Waals surface area contributed by atoms with Gasteiger partial charge in [0.15, 0.2) is 11.6 Å². The fourth-order valence-electron chi connectivity index (χ4n) is 5.29. The van der Waals surface area contributed by atoms with Gasteiger partial charge in [0.25, 0.3) is 5.91 Å². The van der Waals surface area contributed by atoms with Crippen LogP contribution in [0.2, 0.25) is 5.02 Å². The second kappa shape index (κ2) is 13.1. The maximum Gasteiger partial charge on any atom is 0.387 e. The van der Waals surface area contributed by atoms with Crippen molar-refractivity contribution in [3.63, 3.8) is 0 Å². The van der Waals surface area contributed by atoms with Crippen LogP contribution in [-0.4, -0.2) is 46.7 Å². The number of nitrogens with zero attached hydrogens (tertiary/aromatic N) is 2. The maximum absolute atomic E-state index is 15.3. The standard InChI is InChI=1S/C32H29ClF4N4O5/c1-3-45-29-17(12-24(38)42)11-23(41-28(29)20-6-7-21(34)25(33)26(20)35)32(44,19-4-5-19)14-40-30(43)18-9-16-8-15(2)13-39-27(16)22(10-18)46-31(36)37/h6-11,13,19,31,44H,3-5,12,14H2,1-2H3,(H2,38,42)(H,40,43)/t32-/m1/s1. The van der Waals surface area contributed by atoms with Gasteiger partial charge in [-0.2, -0.15) is 8.78 Å². The minimum atomic E-state index is -3.17. The fourth-order valence-corrected chi connectivity index (χ4v) is 5.45. The van der Waals surface area contributed by atoms with Gasteiger partial charge in [-0.05, 0) is 74.6 Å². The van der Waals surface area contributed by atoms with Gasteiger partial charge in [0.1, 0.15) is 33.4 Å². The van der Waals surface area contributed by atoms with Crippen LogP contribution >= 0.6 is 11.6 Å². The van der Waals surface area contributed by atoms with Crippen LogP contribution < -0.4 is 20.5 Å². The van der Waals surface area contributed by atoms with Crippen LogP contribution in [0.1, 0.15) is 46.9 Å². The number of aryl methyl sites for hydroxylation is 1. The van der Waals surface area contributed by atoms with Crippen molar-refractivity contribution in [2.45, 2.75) is 45.3 Å². The number of carbonyl (C=O) groups is 2. The van der Waals surface area contributed by atoms with E-state index in [0.29, 0.717) is 18.2 Å². The quantitative estimate of drug-likeness (QED) is 0.133. The summed E-state index contributed by atoms with van der Waals surface area (Å²) in [5, 5.41) is 14.3. The Kier molecular flexibility index (Phi) is 9.36. The molecule has 1 saturated carbocycles. The second-order valence-electron chi connectivity index (χ2n) is 11.0. The van der Waals surface area contributed by atoms with Gasteiger partial charge in [-0.1, -0.05) is 11.6 Å². The number of alkyl halides is 2. The number of aliphatic hydroxyl groups is 1. The Morgan fingerprint density at radius 3 is 2.59 bits per heavy atom. The number of carbonyl (C=O) groups excluding carboxylic acids is 2. The molecule has 1 atom stereocenters. The molecule has 2 aromatic heterocycles. The van der Waals surface area contributed by atoms with Crippen LogP contribution in [0.15, 0.2) is 42.6 Å². The summed E-state index contributed by atoms with van der Waals surface area (Å²) in [5.74, 6) is -4.34. The summed E-state index contributed by atoms with van der Waals surface area (Å²) in [6.07, 6.45) is 2.20. The van der Waals surface area contributed by atoms with E-state index in [1.807, 2.05) is 0 Å². The lowest BCUT2D eigenvalue weighted by atomic mass is 9.90. The zero-order valence-electron chi connectivity index (χ0n) is 24.7. The van der Waals surface area contributed by atoms with E-state index in [0.717, 1.165) is 23.8 Å². The van der Waals surface area contributed by atoms with Crippen LogP contribution in [0.5, 0.6) is 11.5 Å². The number of primary amides is 1. The summed E-state index contributed by atoms with van der Waals surface area (Å²) < 4.78 is 66.1. The highest BCUT2D eigenvalue weighted by molar-refractivity contribution is 6.31. The molecular formula is C32H29ClF4N4O5. The Morgan fingerprint density at radius 2 is 1.93 bits per heavy atom. The van der Waals surface area contributed by atoms with Crippen molar-refractivity contribution in [1.82, 2.24) is 15.3 Å². The lowest BCUT2D eigenvalue weighted by Crippen LogP contribution is -2.43. The summed E-state index contributed by atoms with van der Waals surface area (Å²) in [6.45, 7) is -0.0946. The molecule has 4 N–H and O–H groups in total. The third-order valence-corrected chi connectivity index (χ3v) is 7.92. The molecule has 4 aromatic rings. The molecule has 1 aliphatic carbocycles. The van der Waals surface area contributed by atoms with E-state index < -0.39 is 53.1 Å². The average Bonchev–Trinajstić information content (AvgIpc) is 3.85. The van der Waals surface area contributed by atoms with Crippen molar-refractivity contribution in [2.75, 3.05) is 13.2 Å². The molecule has 242 valence electrons. The molecule has 1 aliphatic rings. The van der Waals surface area contributed by atoms with Crippen LogP contribution in [0.3, 0.4) is 0 Å². The molecule has 0 saturated heterocycles. The number of benzene rings is 2. The van der Waals surface area contributed by atoms with Gasteiger partial charge in [-0.15, -0.1) is 0 Å². The Labute approximate surface area is 265 Å². The van der Waals surface area contributed by atoms with Gasteiger partial charge in [-0.25, -0.2) is 13.8 Å². The number of nitrogens with two attached hydrogens (primary N) is 1. The highest BCUT2D eigenvalue weighted by Crippen LogP contribution is 2.47. The van der Waals surface area contributed by atoms with Gasteiger partial charge in [0, 0.05) is 28.3 Å². The number of rotatable bonds is 12. The third kappa shape index (κ3) is 6.70. The average molecular weight is 661 g/mol.